The zero-order chi connectivity index (χ0) is 15.8. The van der Waals surface area contributed by atoms with Gasteiger partial charge in [-0.15, -0.1) is 0 Å². The molecule has 4 nitrogen and oxygen atoms in total. The molecule has 1 N–H and O–H groups in total. The number of hydrogen-bond acceptors (Lipinski definition) is 3. The number of anilines is 1. The molecule has 0 atom stereocenters. The van der Waals surface area contributed by atoms with E-state index in [1.54, 1.807) is 19.1 Å². The summed E-state index contributed by atoms with van der Waals surface area (Å²) in [6.45, 7) is 11.6. The first-order valence-electron chi connectivity index (χ1n) is 6.95. The van der Waals surface area contributed by atoms with Gasteiger partial charge in [-0.05, 0) is 57.3 Å². The van der Waals surface area contributed by atoms with Crippen molar-refractivity contribution in [2.45, 2.75) is 20.8 Å². The fourth-order valence-electron chi connectivity index (χ4n) is 1.76. The van der Waals surface area contributed by atoms with E-state index in [1.807, 2.05) is 30.9 Å². The Hall–Kier alpha value is -1.88. The van der Waals surface area contributed by atoms with E-state index in [0.29, 0.717) is 17.3 Å². The second-order valence-corrected chi connectivity index (χ2v) is 5.09. The second kappa shape index (κ2) is 8.42. The van der Waals surface area contributed by atoms with Gasteiger partial charge < -0.3 is 15.0 Å². The van der Waals surface area contributed by atoms with Crippen LogP contribution in [0.15, 0.2) is 36.4 Å². The number of carbonyl (C=O) groups excluding carboxylic acids is 1. The van der Waals surface area contributed by atoms with Gasteiger partial charge in [0, 0.05) is 18.8 Å². The standard InChI is InChI=1S/C16H22N2O2S/c1-5-18(11-12(3)4)16(21)17-14-9-7-13(8-10-14)15(19)20-6-2/h7-10H,3,5-6,11H2,1-2,4H3,(H,17,21). The molecule has 0 aromatic heterocycles. The number of likely N-dealkylation sites (N-methyl/N-ethyl adjacent to an activating group) is 1. The summed E-state index contributed by atoms with van der Waals surface area (Å²) in [5.74, 6) is -0.316. The number of benzene rings is 1. The first kappa shape index (κ1) is 17.2. The lowest BCUT2D eigenvalue weighted by atomic mass is 10.2. The number of carbonyl (C=O) groups is 1. The highest BCUT2D eigenvalue weighted by atomic mass is 32.1. The fraction of sp³-hybridized carbons (Fsp3) is 0.375. The van der Waals surface area contributed by atoms with Gasteiger partial charge in [-0.25, -0.2) is 4.79 Å². The molecule has 1 rings (SSSR count). The van der Waals surface area contributed by atoms with Gasteiger partial charge in [-0.2, -0.15) is 0 Å². The van der Waals surface area contributed by atoms with Crippen molar-refractivity contribution in [3.05, 3.63) is 42.0 Å². The Labute approximate surface area is 131 Å². The van der Waals surface area contributed by atoms with E-state index in [9.17, 15) is 4.79 Å². The molecule has 0 radical (unpaired) electrons. The van der Waals surface area contributed by atoms with Crippen molar-refractivity contribution in [2.24, 2.45) is 0 Å². The fourth-order valence-corrected chi connectivity index (χ4v) is 2.07. The molecular weight excluding hydrogens is 284 g/mol. The van der Waals surface area contributed by atoms with Crippen LogP contribution in [0.4, 0.5) is 5.69 Å². The van der Waals surface area contributed by atoms with Crippen LogP contribution in [0.1, 0.15) is 31.1 Å². The molecule has 0 aliphatic rings. The summed E-state index contributed by atoms with van der Waals surface area (Å²) in [6, 6.07) is 7.07. The topological polar surface area (TPSA) is 41.6 Å². The van der Waals surface area contributed by atoms with Crippen LogP contribution in [-0.2, 0) is 4.74 Å². The molecule has 0 saturated carbocycles. The van der Waals surface area contributed by atoms with Crippen LogP contribution in [-0.4, -0.2) is 35.7 Å². The lowest BCUT2D eigenvalue weighted by molar-refractivity contribution is 0.0526. The molecule has 1 aromatic rings. The molecule has 0 amide bonds. The number of nitrogens with zero attached hydrogens (tertiary/aromatic N) is 1. The molecule has 114 valence electrons. The largest absolute Gasteiger partial charge is 0.462 e. The maximum Gasteiger partial charge on any atom is 0.338 e. The average molecular weight is 306 g/mol. The number of rotatable bonds is 6. The number of esters is 1. The van der Waals surface area contributed by atoms with Crippen molar-refractivity contribution in [2.75, 3.05) is 25.0 Å². The summed E-state index contributed by atoms with van der Waals surface area (Å²) < 4.78 is 4.95. The minimum atomic E-state index is -0.316. The maximum absolute atomic E-state index is 11.6. The van der Waals surface area contributed by atoms with Crippen LogP contribution in [0.25, 0.3) is 0 Å². The molecule has 0 unspecified atom stereocenters. The Balaban J connectivity index is 2.68. The Kier molecular flexibility index (Phi) is 6.88. The minimum absolute atomic E-state index is 0.316. The van der Waals surface area contributed by atoms with E-state index in [2.05, 4.69) is 11.9 Å². The summed E-state index contributed by atoms with van der Waals surface area (Å²) in [5.41, 5.74) is 2.43. The highest BCUT2D eigenvalue weighted by Gasteiger charge is 2.09. The van der Waals surface area contributed by atoms with Crippen LogP contribution >= 0.6 is 12.2 Å². The number of thiocarbonyl (C=S) groups is 1. The molecule has 0 bridgehead atoms. The smallest absolute Gasteiger partial charge is 0.338 e. The Bertz CT molecular complexity index is 512. The van der Waals surface area contributed by atoms with Crippen LogP contribution in [0.2, 0.25) is 0 Å². The predicted octanol–water partition coefficient (Wildman–Crippen LogP) is 3.46. The summed E-state index contributed by atoms with van der Waals surface area (Å²) >= 11 is 5.38. The van der Waals surface area contributed by atoms with Gasteiger partial charge >= 0.3 is 5.97 Å². The van der Waals surface area contributed by atoms with E-state index >= 15 is 0 Å². The first-order valence-corrected chi connectivity index (χ1v) is 7.36. The van der Waals surface area contributed by atoms with Crippen molar-refractivity contribution < 1.29 is 9.53 Å². The molecule has 0 saturated heterocycles. The van der Waals surface area contributed by atoms with Gasteiger partial charge in [0.15, 0.2) is 5.11 Å². The van der Waals surface area contributed by atoms with Crippen molar-refractivity contribution in [1.82, 2.24) is 4.90 Å². The Morgan fingerprint density at radius 1 is 1.33 bits per heavy atom. The average Bonchev–Trinajstić information content (AvgIpc) is 2.45. The van der Waals surface area contributed by atoms with E-state index in [4.69, 9.17) is 17.0 Å². The van der Waals surface area contributed by atoms with E-state index in [1.165, 1.54) is 0 Å². The zero-order valence-corrected chi connectivity index (χ0v) is 13.6. The monoisotopic (exact) mass is 306 g/mol. The van der Waals surface area contributed by atoms with Crippen LogP contribution in [0, 0.1) is 0 Å². The predicted molar refractivity (Wildman–Crippen MR) is 90.7 cm³/mol. The van der Waals surface area contributed by atoms with Crippen LogP contribution < -0.4 is 5.32 Å². The van der Waals surface area contributed by atoms with Crippen molar-refractivity contribution >= 4 is 29.0 Å². The third-order valence-corrected chi connectivity index (χ3v) is 3.14. The SMILES string of the molecule is C=C(C)CN(CC)C(=S)Nc1ccc(C(=O)OCC)cc1. The van der Waals surface area contributed by atoms with E-state index < -0.39 is 0 Å². The van der Waals surface area contributed by atoms with E-state index in [0.717, 1.165) is 24.4 Å². The summed E-state index contributed by atoms with van der Waals surface area (Å²) in [4.78, 5) is 13.6. The Morgan fingerprint density at radius 2 is 1.95 bits per heavy atom. The number of nitrogens with one attached hydrogen (secondary N) is 1. The second-order valence-electron chi connectivity index (χ2n) is 4.70. The summed E-state index contributed by atoms with van der Waals surface area (Å²) in [6.07, 6.45) is 0. The molecule has 0 aliphatic heterocycles. The van der Waals surface area contributed by atoms with Gasteiger partial charge in [0.2, 0.25) is 0 Å². The number of hydrogen-bond donors (Lipinski definition) is 1. The first-order chi connectivity index (χ1) is 9.97. The highest BCUT2D eigenvalue weighted by molar-refractivity contribution is 7.80. The third-order valence-electron chi connectivity index (χ3n) is 2.78. The van der Waals surface area contributed by atoms with Crippen molar-refractivity contribution in [3.63, 3.8) is 0 Å². The third kappa shape index (κ3) is 5.55. The van der Waals surface area contributed by atoms with Gasteiger partial charge in [-0.3, -0.25) is 0 Å². The van der Waals surface area contributed by atoms with Gasteiger partial charge in [-0.1, -0.05) is 12.2 Å². The van der Waals surface area contributed by atoms with Crippen LogP contribution in [0.5, 0.6) is 0 Å². The molecule has 0 fully saturated rings. The molecular formula is C16H22N2O2S. The summed E-state index contributed by atoms with van der Waals surface area (Å²) in [5, 5.41) is 3.80. The lowest BCUT2D eigenvalue weighted by Crippen LogP contribution is -2.35. The lowest BCUT2D eigenvalue weighted by Gasteiger charge is -2.24. The van der Waals surface area contributed by atoms with E-state index in [-0.39, 0.29) is 5.97 Å². The molecule has 0 aliphatic carbocycles. The maximum atomic E-state index is 11.6. The highest BCUT2D eigenvalue weighted by Crippen LogP contribution is 2.12. The van der Waals surface area contributed by atoms with Crippen LogP contribution in [0.3, 0.4) is 0 Å². The molecule has 0 spiro atoms. The number of ether oxygens (including phenoxy) is 1. The molecule has 1 aromatic carbocycles. The van der Waals surface area contributed by atoms with Gasteiger partial charge in [0.05, 0.1) is 12.2 Å². The van der Waals surface area contributed by atoms with Gasteiger partial charge in [0.1, 0.15) is 0 Å². The Morgan fingerprint density at radius 3 is 2.43 bits per heavy atom. The quantitative estimate of drug-likeness (QED) is 0.495. The van der Waals surface area contributed by atoms with Crippen molar-refractivity contribution in [3.8, 4) is 0 Å². The minimum Gasteiger partial charge on any atom is -0.462 e. The van der Waals surface area contributed by atoms with Crippen molar-refractivity contribution in [1.29, 1.82) is 0 Å². The molecule has 5 heteroatoms. The normalized spacial score (nSPS) is 9.86. The van der Waals surface area contributed by atoms with Gasteiger partial charge in [0.25, 0.3) is 0 Å². The molecule has 21 heavy (non-hydrogen) atoms. The summed E-state index contributed by atoms with van der Waals surface area (Å²) in [7, 11) is 0. The molecule has 0 heterocycles. The zero-order valence-electron chi connectivity index (χ0n) is 12.8.